The van der Waals surface area contributed by atoms with Crippen LogP contribution in [0.3, 0.4) is 0 Å². The van der Waals surface area contributed by atoms with Crippen molar-refractivity contribution in [2.75, 3.05) is 5.75 Å². The summed E-state index contributed by atoms with van der Waals surface area (Å²) in [5, 5.41) is 3.21. The fourth-order valence-corrected chi connectivity index (χ4v) is 4.77. The molecule has 2 aliphatic heterocycles. The molecule has 1 atom stereocenters. The van der Waals surface area contributed by atoms with Crippen LogP contribution in [0.4, 0.5) is 5.69 Å². The zero-order valence-corrected chi connectivity index (χ0v) is 19.5. The van der Waals surface area contributed by atoms with Crippen LogP contribution >= 0.6 is 11.8 Å². The average molecular weight is 487 g/mol. The molecule has 0 fully saturated rings. The van der Waals surface area contributed by atoms with E-state index in [1.165, 1.54) is 16.7 Å². The van der Waals surface area contributed by atoms with E-state index in [0.717, 1.165) is 5.56 Å². The molecule has 1 N–H and O–H groups in total. The first-order chi connectivity index (χ1) is 17.1. The number of carbonyl (C=O) groups is 3. The molecule has 0 spiro atoms. The molecule has 0 bridgehead atoms. The van der Waals surface area contributed by atoms with Gasteiger partial charge in [0.25, 0.3) is 5.91 Å². The van der Waals surface area contributed by atoms with Crippen LogP contribution in [0.15, 0.2) is 87.4 Å². The lowest BCUT2D eigenvalue weighted by Gasteiger charge is -2.25. The lowest BCUT2D eigenvalue weighted by atomic mass is 10.1. The van der Waals surface area contributed by atoms with E-state index in [1.807, 2.05) is 42.5 Å². The lowest BCUT2D eigenvalue weighted by molar-refractivity contribution is -0.125. The molecule has 1 unspecified atom stereocenters. The zero-order valence-electron chi connectivity index (χ0n) is 18.7. The molecule has 176 valence electrons. The van der Waals surface area contributed by atoms with Crippen LogP contribution in [0.5, 0.6) is 0 Å². The molecule has 0 radical (unpaired) electrons. The molecule has 3 heterocycles. The second kappa shape index (κ2) is 10.1. The minimum atomic E-state index is -0.693. The van der Waals surface area contributed by atoms with Gasteiger partial charge in [-0.1, -0.05) is 54.2 Å². The summed E-state index contributed by atoms with van der Waals surface area (Å²) in [6.07, 6.45) is 1.97. The second-order valence-corrected chi connectivity index (χ2v) is 8.97. The molecule has 0 aliphatic carbocycles. The smallest absolute Gasteiger partial charge is 0.259 e. The Kier molecular flexibility index (Phi) is 6.58. The van der Waals surface area contributed by atoms with Crippen molar-refractivity contribution < 1.29 is 18.8 Å². The summed E-state index contributed by atoms with van der Waals surface area (Å²) >= 11 is 1.21. The van der Waals surface area contributed by atoms with Crippen molar-refractivity contribution in [2.24, 2.45) is 9.98 Å². The Balaban J connectivity index is 1.28. The van der Waals surface area contributed by atoms with Gasteiger partial charge < -0.3 is 9.73 Å². The number of carbonyl (C=O) groups excluding carboxylic acids is 3. The van der Waals surface area contributed by atoms with Gasteiger partial charge in [-0.2, -0.15) is 0 Å². The topological polar surface area (TPSA) is 104 Å². The maximum Gasteiger partial charge on any atom is 0.259 e. The lowest BCUT2D eigenvalue weighted by Crippen LogP contribution is -2.41. The van der Waals surface area contributed by atoms with Crippen molar-refractivity contribution in [1.29, 1.82) is 0 Å². The van der Waals surface area contributed by atoms with Crippen LogP contribution in [0.1, 0.15) is 34.5 Å². The van der Waals surface area contributed by atoms with Crippen molar-refractivity contribution in [3.8, 4) is 0 Å². The normalized spacial score (nSPS) is 16.3. The number of hydrogen-bond acceptors (Lipinski definition) is 7. The molecule has 0 saturated heterocycles. The molecule has 8 nitrogen and oxygen atoms in total. The number of Topliss-reactive ketones (excluding diaryl/α,β-unsaturated/α-hetero) is 1. The summed E-state index contributed by atoms with van der Waals surface area (Å²) < 4.78 is 5.22. The van der Waals surface area contributed by atoms with Gasteiger partial charge in [-0.15, -0.1) is 0 Å². The molecule has 3 aromatic rings. The Hall–Kier alpha value is -3.98. The molecule has 2 aromatic carbocycles. The average Bonchev–Trinajstić information content (AvgIpc) is 3.53. The third-order valence-corrected chi connectivity index (χ3v) is 6.60. The Morgan fingerprint density at radius 1 is 1.03 bits per heavy atom. The predicted octanol–water partition coefficient (Wildman–Crippen LogP) is 3.95. The van der Waals surface area contributed by atoms with Crippen LogP contribution in [-0.4, -0.2) is 45.3 Å². The molecular formula is C26H22N4O4S. The highest BCUT2D eigenvalue weighted by molar-refractivity contribution is 8.14. The zero-order chi connectivity index (χ0) is 24.2. The number of para-hydroxylation sites is 1. The van der Waals surface area contributed by atoms with Gasteiger partial charge in [0, 0.05) is 17.5 Å². The van der Waals surface area contributed by atoms with Crippen molar-refractivity contribution in [3.05, 3.63) is 89.9 Å². The van der Waals surface area contributed by atoms with E-state index in [0.29, 0.717) is 34.6 Å². The van der Waals surface area contributed by atoms with E-state index in [9.17, 15) is 14.4 Å². The van der Waals surface area contributed by atoms with E-state index < -0.39 is 6.04 Å². The first-order valence-corrected chi connectivity index (χ1v) is 12.2. The number of ketones is 1. The molecular weight excluding hydrogens is 464 g/mol. The summed E-state index contributed by atoms with van der Waals surface area (Å²) in [5.41, 5.74) is 2.06. The van der Waals surface area contributed by atoms with E-state index in [4.69, 9.17) is 4.42 Å². The SMILES string of the molecule is O=C(CCC1N=C2c3ccccc3N=C(SCC(=O)c3ccccc3)N2C1=O)NCc1ccco1. The van der Waals surface area contributed by atoms with Crippen LogP contribution in [0.25, 0.3) is 0 Å². The van der Waals surface area contributed by atoms with Crippen LogP contribution < -0.4 is 5.32 Å². The van der Waals surface area contributed by atoms with E-state index in [2.05, 4.69) is 15.3 Å². The third-order valence-electron chi connectivity index (χ3n) is 5.66. The Bertz CT molecular complexity index is 1320. The number of rotatable bonds is 8. The first kappa shape index (κ1) is 22.8. The monoisotopic (exact) mass is 486 g/mol. The van der Waals surface area contributed by atoms with Gasteiger partial charge in [-0.3, -0.25) is 19.4 Å². The highest BCUT2D eigenvalue weighted by atomic mass is 32.2. The van der Waals surface area contributed by atoms with Gasteiger partial charge in [-0.05, 0) is 30.7 Å². The van der Waals surface area contributed by atoms with Gasteiger partial charge in [0.2, 0.25) is 5.91 Å². The molecule has 2 aliphatic rings. The van der Waals surface area contributed by atoms with Crippen molar-refractivity contribution in [3.63, 3.8) is 0 Å². The maximum absolute atomic E-state index is 13.3. The second-order valence-electron chi connectivity index (χ2n) is 8.03. The maximum atomic E-state index is 13.3. The molecule has 2 amide bonds. The summed E-state index contributed by atoms with van der Waals surface area (Å²) in [4.78, 5) is 49.1. The molecule has 9 heteroatoms. The van der Waals surface area contributed by atoms with Gasteiger partial charge in [0.1, 0.15) is 17.6 Å². The summed E-state index contributed by atoms with van der Waals surface area (Å²) in [7, 11) is 0. The summed E-state index contributed by atoms with van der Waals surface area (Å²) in [5.74, 6) is 0.834. The van der Waals surface area contributed by atoms with Crippen LogP contribution in [0, 0.1) is 0 Å². The highest BCUT2D eigenvalue weighted by Crippen LogP contribution is 2.34. The van der Waals surface area contributed by atoms with E-state index >= 15 is 0 Å². The molecule has 0 saturated carbocycles. The number of aliphatic imine (C=N–C) groups is 2. The molecule has 5 rings (SSSR count). The predicted molar refractivity (Wildman–Crippen MR) is 134 cm³/mol. The minimum absolute atomic E-state index is 0.0490. The fraction of sp³-hybridized carbons (Fsp3) is 0.192. The van der Waals surface area contributed by atoms with Crippen LogP contribution in [0.2, 0.25) is 0 Å². The molecule has 1 aromatic heterocycles. The van der Waals surface area contributed by atoms with E-state index in [-0.39, 0.29) is 36.2 Å². The van der Waals surface area contributed by atoms with Crippen molar-refractivity contribution in [2.45, 2.75) is 25.4 Å². The number of furan rings is 1. The summed E-state index contributed by atoms with van der Waals surface area (Å²) in [6, 6.07) is 19.3. The largest absolute Gasteiger partial charge is 0.467 e. The minimum Gasteiger partial charge on any atom is -0.467 e. The van der Waals surface area contributed by atoms with Crippen molar-refractivity contribution in [1.82, 2.24) is 10.2 Å². The number of hydrogen-bond donors (Lipinski definition) is 1. The van der Waals surface area contributed by atoms with E-state index in [1.54, 1.807) is 30.5 Å². The van der Waals surface area contributed by atoms with Gasteiger partial charge in [-0.25, -0.2) is 9.89 Å². The Morgan fingerprint density at radius 2 is 1.83 bits per heavy atom. The number of nitrogens with zero attached hydrogens (tertiary/aromatic N) is 3. The van der Waals surface area contributed by atoms with Crippen molar-refractivity contribution >= 4 is 46.1 Å². The number of nitrogens with one attached hydrogen (secondary N) is 1. The number of thioether (sulfide) groups is 1. The van der Waals surface area contributed by atoms with Crippen LogP contribution in [-0.2, 0) is 16.1 Å². The quantitative estimate of drug-likeness (QED) is 0.486. The Morgan fingerprint density at radius 3 is 2.63 bits per heavy atom. The number of amidine groups is 2. The summed E-state index contributed by atoms with van der Waals surface area (Å²) in [6.45, 7) is 0.293. The van der Waals surface area contributed by atoms with Gasteiger partial charge in [0.05, 0.1) is 24.2 Å². The Labute approximate surface area is 206 Å². The van der Waals surface area contributed by atoms with Gasteiger partial charge >= 0.3 is 0 Å². The fourth-order valence-electron chi connectivity index (χ4n) is 3.88. The van der Waals surface area contributed by atoms with Gasteiger partial charge in [0.15, 0.2) is 11.0 Å². The number of fused-ring (bicyclic) bond motifs is 3. The first-order valence-electron chi connectivity index (χ1n) is 11.2. The third kappa shape index (κ3) is 4.95. The highest BCUT2D eigenvalue weighted by Gasteiger charge is 2.41. The number of benzene rings is 2. The number of amides is 2. The molecule has 35 heavy (non-hydrogen) atoms. The standard InChI is InChI=1S/C26H22N4O4S/c31-22(17-7-2-1-3-8-17)16-35-26-29-20-11-5-4-10-19(20)24-28-21(25(33)30(24)26)12-13-23(32)27-15-18-9-6-14-34-18/h1-11,14,21H,12-13,15-16H2,(H,27,32).